The monoisotopic (exact) mass is 451 g/mol. The topological polar surface area (TPSA) is 83.9 Å². The number of aliphatic hydroxyl groups is 1. The Hall–Kier alpha value is -3.84. The summed E-state index contributed by atoms with van der Waals surface area (Å²) in [5.74, 6) is -2.59. The van der Waals surface area contributed by atoms with Gasteiger partial charge in [-0.05, 0) is 42.5 Å². The molecule has 1 amide bonds. The average molecular weight is 452 g/mol. The predicted molar refractivity (Wildman–Crippen MR) is 114 cm³/mol. The lowest BCUT2D eigenvalue weighted by Gasteiger charge is -2.26. The Morgan fingerprint density at radius 2 is 1.94 bits per heavy atom. The number of hydrogen-bond acceptors (Lipinski definition) is 5. The molecule has 0 fully saturated rings. The summed E-state index contributed by atoms with van der Waals surface area (Å²) >= 11 is 6.01. The first kappa shape index (κ1) is 20.1. The molecule has 2 aromatic heterocycles. The molecular formula is C24H15ClFNO5. The number of benzene rings is 2. The molecule has 1 unspecified atom stereocenters. The van der Waals surface area contributed by atoms with Crippen LogP contribution in [0.2, 0.25) is 5.02 Å². The van der Waals surface area contributed by atoms with Crippen LogP contribution in [-0.4, -0.2) is 21.7 Å². The quantitative estimate of drug-likeness (QED) is 0.399. The Morgan fingerprint density at radius 3 is 2.69 bits per heavy atom. The van der Waals surface area contributed by atoms with Gasteiger partial charge in [0, 0.05) is 16.0 Å². The van der Waals surface area contributed by atoms with E-state index in [1.54, 1.807) is 36.4 Å². The minimum atomic E-state index is -1.17. The van der Waals surface area contributed by atoms with Crippen molar-refractivity contribution in [1.82, 2.24) is 4.90 Å². The number of amides is 1. The molecule has 0 bridgehead atoms. The van der Waals surface area contributed by atoms with Gasteiger partial charge in [-0.1, -0.05) is 29.8 Å². The molecule has 0 saturated carbocycles. The van der Waals surface area contributed by atoms with Crippen LogP contribution in [0.1, 0.15) is 27.9 Å². The minimum absolute atomic E-state index is 0.0680. The molecule has 0 aliphatic carbocycles. The Bertz CT molecular complexity index is 1390. The van der Waals surface area contributed by atoms with Crippen LogP contribution in [0.3, 0.4) is 0 Å². The molecule has 2 aromatic carbocycles. The lowest BCUT2D eigenvalue weighted by Crippen LogP contribution is -2.31. The summed E-state index contributed by atoms with van der Waals surface area (Å²) in [7, 11) is 0. The number of halogens is 2. The molecule has 8 heteroatoms. The minimum Gasteiger partial charge on any atom is -0.503 e. The van der Waals surface area contributed by atoms with Gasteiger partial charge in [0.15, 0.2) is 11.5 Å². The van der Waals surface area contributed by atoms with Gasteiger partial charge < -0.3 is 18.8 Å². The average Bonchev–Trinajstić information content (AvgIpc) is 3.49. The number of hydrogen-bond donors (Lipinski definition) is 1. The Morgan fingerprint density at radius 1 is 1.12 bits per heavy atom. The van der Waals surface area contributed by atoms with Gasteiger partial charge >= 0.3 is 0 Å². The number of carbonyl (C=O) groups excluding carboxylic acids is 2. The Labute approximate surface area is 186 Å². The van der Waals surface area contributed by atoms with Gasteiger partial charge in [-0.2, -0.15) is 0 Å². The summed E-state index contributed by atoms with van der Waals surface area (Å²) in [6.07, 6.45) is 1.44. The largest absolute Gasteiger partial charge is 0.503 e. The van der Waals surface area contributed by atoms with Crippen molar-refractivity contribution in [3.05, 3.63) is 106 Å². The van der Waals surface area contributed by atoms with Crippen molar-refractivity contribution in [2.75, 3.05) is 0 Å². The molecule has 3 heterocycles. The molecule has 0 radical (unpaired) electrons. The van der Waals surface area contributed by atoms with Gasteiger partial charge in [-0.25, -0.2) is 4.39 Å². The van der Waals surface area contributed by atoms with Crippen molar-refractivity contribution in [3.8, 4) is 0 Å². The lowest BCUT2D eigenvalue weighted by molar-refractivity contribution is -0.130. The second-order valence-corrected chi connectivity index (χ2v) is 7.76. The lowest BCUT2D eigenvalue weighted by atomic mass is 9.94. The van der Waals surface area contributed by atoms with Crippen molar-refractivity contribution < 1.29 is 27.9 Å². The molecule has 1 N–H and O–H groups in total. The van der Waals surface area contributed by atoms with Crippen LogP contribution in [-0.2, 0) is 11.3 Å². The van der Waals surface area contributed by atoms with Crippen molar-refractivity contribution in [3.63, 3.8) is 0 Å². The Balaban J connectivity index is 1.62. The molecule has 160 valence electrons. The molecule has 1 aliphatic heterocycles. The molecular weight excluding hydrogens is 437 g/mol. The van der Waals surface area contributed by atoms with Crippen molar-refractivity contribution >= 4 is 34.3 Å². The fraction of sp³-hybridized carbons (Fsp3) is 0.0833. The van der Waals surface area contributed by atoms with E-state index in [1.807, 2.05) is 0 Å². The first-order valence-electron chi connectivity index (χ1n) is 9.68. The van der Waals surface area contributed by atoms with E-state index in [0.29, 0.717) is 21.8 Å². The zero-order valence-electron chi connectivity index (χ0n) is 16.4. The zero-order chi connectivity index (χ0) is 22.4. The third kappa shape index (κ3) is 3.27. The third-order valence-corrected chi connectivity index (χ3v) is 5.59. The first-order chi connectivity index (χ1) is 15.4. The molecule has 5 rings (SSSR count). The zero-order valence-corrected chi connectivity index (χ0v) is 17.2. The third-order valence-electron chi connectivity index (χ3n) is 5.36. The van der Waals surface area contributed by atoms with Gasteiger partial charge in [0.05, 0.1) is 24.4 Å². The molecule has 4 aromatic rings. The van der Waals surface area contributed by atoms with E-state index in [4.69, 9.17) is 20.4 Å². The van der Waals surface area contributed by atoms with Crippen LogP contribution < -0.4 is 0 Å². The summed E-state index contributed by atoms with van der Waals surface area (Å²) in [6.45, 7) is -0.0680. The molecule has 0 spiro atoms. The number of aliphatic hydroxyl groups excluding tert-OH is 1. The van der Waals surface area contributed by atoms with Gasteiger partial charge in [0.25, 0.3) is 5.91 Å². The molecule has 1 aliphatic rings. The molecule has 6 nitrogen and oxygen atoms in total. The van der Waals surface area contributed by atoms with E-state index in [-0.39, 0.29) is 23.4 Å². The number of Topliss-reactive ketones (excluding diaryl/α,β-unsaturated/α-hetero) is 1. The van der Waals surface area contributed by atoms with Gasteiger partial charge in [0.1, 0.15) is 17.2 Å². The fourth-order valence-electron chi connectivity index (χ4n) is 3.90. The number of rotatable bonds is 5. The second-order valence-electron chi connectivity index (χ2n) is 7.32. The fourth-order valence-corrected chi connectivity index (χ4v) is 4.08. The SMILES string of the molecule is O=C(C1=C(O)C(=O)N(Cc2ccco2)C1c1ccccc1F)c1cc2cc(Cl)ccc2o1. The first-order valence-corrected chi connectivity index (χ1v) is 10.1. The predicted octanol–water partition coefficient (Wildman–Crippen LogP) is 5.60. The van der Waals surface area contributed by atoms with Crippen LogP contribution in [0, 0.1) is 5.82 Å². The van der Waals surface area contributed by atoms with Gasteiger partial charge in [0.2, 0.25) is 5.78 Å². The number of nitrogens with zero attached hydrogens (tertiary/aromatic N) is 1. The van der Waals surface area contributed by atoms with E-state index >= 15 is 0 Å². The number of ketones is 1. The van der Waals surface area contributed by atoms with Crippen LogP contribution >= 0.6 is 11.6 Å². The summed E-state index contributed by atoms with van der Waals surface area (Å²) in [4.78, 5) is 27.6. The maximum Gasteiger partial charge on any atom is 0.290 e. The number of fused-ring (bicyclic) bond motifs is 1. The van der Waals surface area contributed by atoms with E-state index in [2.05, 4.69) is 0 Å². The molecule has 32 heavy (non-hydrogen) atoms. The number of carbonyl (C=O) groups is 2. The highest BCUT2D eigenvalue weighted by atomic mass is 35.5. The van der Waals surface area contributed by atoms with E-state index in [0.717, 1.165) is 0 Å². The smallest absolute Gasteiger partial charge is 0.290 e. The van der Waals surface area contributed by atoms with Gasteiger partial charge in [-0.15, -0.1) is 0 Å². The van der Waals surface area contributed by atoms with E-state index in [9.17, 15) is 19.1 Å². The highest BCUT2D eigenvalue weighted by Gasteiger charge is 2.45. The summed E-state index contributed by atoms with van der Waals surface area (Å²) in [5, 5.41) is 11.7. The van der Waals surface area contributed by atoms with E-state index < -0.39 is 29.3 Å². The molecule has 1 atom stereocenters. The maximum absolute atomic E-state index is 14.8. The normalized spacial score (nSPS) is 16.4. The molecule has 0 saturated heterocycles. The van der Waals surface area contributed by atoms with Crippen LogP contribution in [0.15, 0.2) is 87.1 Å². The van der Waals surface area contributed by atoms with Crippen LogP contribution in [0.25, 0.3) is 11.0 Å². The number of furan rings is 2. The van der Waals surface area contributed by atoms with Crippen molar-refractivity contribution in [1.29, 1.82) is 0 Å². The summed E-state index contributed by atoms with van der Waals surface area (Å²) in [6, 6.07) is 14.2. The van der Waals surface area contributed by atoms with Crippen molar-refractivity contribution in [2.24, 2.45) is 0 Å². The highest BCUT2D eigenvalue weighted by Crippen LogP contribution is 2.41. The van der Waals surface area contributed by atoms with Crippen LogP contribution in [0.4, 0.5) is 4.39 Å². The second kappa shape index (κ2) is 7.69. The van der Waals surface area contributed by atoms with Crippen molar-refractivity contribution in [2.45, 2.75) is 12.6 Å². The maximum atomic E-state index is 14.8. The van der Waals surface area contributed by atoms with Gasteiger partial charge in [-0.3, -0.25) is 9.59 Å². The summed E-state index contributed by atoms with van der Waals surface area (Å²) in [5.41, 5.74) is 0.216. The highest BCUT2D eigenvalue weighted by molar-refractivity contribution is 6.31. The summed E-state index contributed by atoms with van der Waals surface area (Å²) < 4.78 is 25.7. The van der Waals surface area contributed by atoms with Crippen LogP contribution in [0.5, 0.6) is 0 Å². The van der Waals surface area contributed by atoms with E-state index in [1.165, 1.54) is 35.4 Å². The Kier molecular flexibility index (Phi) is 4.83. The standard InChI is InChI=1S/C24H15ClFNO5/c25-14-7-8-18-13(10-14)11-19(32-18)22(28)20-21(16-5-1-2-6-17(16)26)27(24(30)23(20)29)12-15-4-3-9-31-15/h1-11,21,29H,12H2.